The van der Waals surface area contributed by atoms with E-state index in [1.807, 2.05) is 33.8 Å². The van der Waals surface area contributed by atoms with Crippen molar-refractivity contribution in [3.8, 4) is 5.88 Å². The van der Waals surface area contributed by atoms with Crippen LogP contribution in [0.4, 0.5) is 11.6 Å². The first kappa shape index (κ1) is 23.4. The first-order valence-corrected chi connectivity index (χ1v) is 11.8. The summed E-state index contributed by atoms with van der Waals surface area (Å²) in [4.78, 5) is 26.3. The smallest absolute Gasteiger partial charge is 0.340 e. The molecule has 0 aromatic carbocycles. The molecule has 0 amide bonds. The second-order valence-electron chi connectivity index (χ2n) is 10.2. The van der Waals surface area contributed by atoms with Crippen LogP contribution in [0.3, 0.4) is 0 Å². The van der Waals surface area contributed by atoms with Gasteiger partial charge in [0.15, 0.2) is 0 Å². The Kier molecular flexibility index (Phi) is 5.64. The van der Waals surface area contributed by atoms with Gasteiger partial charge < -0.3 is 25.3 Å². The van der Waals surface area contributed by atoms with E-state index in [1.54, 1.807) is 31.6 Å². The van der Waals surface area contributed by atoms with Crippen molar-refractivity contribution in [3.63, 3.8) is 0 Å². The number of rotatable bonds is 7. The van der Waals surface area contributed by atoms with Crippen LogP contribution in [0.15, 0.2) is 30.6 Å². The zero-order valence-corrected chi connectivity index (χ0v) is 20.7. The number of hydrogen-bond donors (Lipinski definition) is 2. The molecule has 3 aromatic heterocycles. The summed E-state index contributed by atoms with van der Waals surface area (Å²) in [7, 11) is 1.62. The van der Waals surface area contributed by atoms with Crippen molar-refractivity contribution >= 4 is 28.4 Å². The predicted octanol–water partition coefficient (Wildman–Crippen LogP) is 4.18. The number of anilines is 2. The van der Waals surface area contributed by atoms with Gasteiger partial charge in [0.05, 0.1) is 28.8 Å². The van der Waals surface area contributed by atoms with Gasteiger partial charge in [0, 0.05) is 31.0 Å². The van der Waals surface area contributed by atoms with Crippen molar-refractivity contribution in [1.29, 1.82) is 0 Å². The van der Waals surface area contributed by atoms with Gasteiger partial charge in [-0.15, -0.1) is 0 Å². The fourth-order valence-electron chi connectivity index (χ4n) is 4.34. The standard InChI is InChI=1S/C26H31N5O4/c1-14-22-16(24(32)35-25(14,2)3)8-9-20(31-22)30-21-10-17-18(11-28-21)23(34-15-6-7-15)29-12-19(17)26(4,27)13-33-5/h8-12,14-15H,6-7,13,27H2,1-5H3,(H,28,30,31)/t14-,26-/m1/s1. The third kappa shape index (κ3) is 4.41. The quantitative estimate of drug-likeness (QED) is 0.483. The van der Waals surface area contributed by atoms with E-state index < -0.39 is 11.1 Å². The van der Waals surface area contributed by atoms with Crippen LogP contribution in [-0.4, -0.2) is 46.3 Å². The van der Waals surface area contributed by atoms with E-state index in [-0.39, 0.29) is 18.0 Å². The molecule has 9 nitrogen and oxygen atoms in total. The van der Waals surface area contributed by atoms with E-state index in [9.17, 15) is 4.79 Å². The summed E-state index contributed by atoms with van der Waals surface area (Å²) in [5.74, 6) is 1.32. The predicted molar refractivity (Wildman–Crippen MR) is 132 cm³/mol. The molecule has 184 valence electrons. The number of nitrogens with zero attached hydrogens (tertiary/aromatic N) is 3. The van der Waals surface area contributed by atoms with Crippen molar-refractivity contribution in [2.75, 3.05) is 19.0 Å². The van der Waals surface area contributed by atoms with Crippen molar-refractivity contribution < 1.29 is 19.0 Å². The van der Waals surface area contributed by atoms with E-state index in [2.05, 4.69) is 15.3 Å². The van der Waals surface area contributed by atoms with Gasteiger partial charge in [0.25, 0.3) is 0 Å². The molecule has 1 fully saturated rings. The van der Waals surface area contributed by atoms with Crippen molar-refractivity contribution in [3.05, 3.63) is 47.4 Å². The maximum Gasteiger partial charge on any atom is 0.340 e. The van der Waals surface area contributed by atoms with Crippen LogP contribution >= 0.6 is 0 Å². The highest BCUT2D eigenvalue weighted by Gasteiger charge is 2.40. The number of nitrogens with one attached hydrogen (secondary N) is 1. The van der Waals surface area contributed by atoms with Gasteiger partial charge in [-0.2, -0.15) is 0 Å². The lowest BCUT2D eigenvalue weighted by Gasteiger charge is -2.36. The number of fused-ring (bicyclic) bond motifs is 2. The summed E-state index contributed by atoms with van der Waals surface area (Å²) < 4.78 is 17.0. The highest BCUT2D eigenvalue weighted by Crippen LogP contribution is 2.39. The number of carbonyl (C=O) groups is 1. The lowest BCUT2D eigenvalue weighted by atomic mass is 9.84. The number of pyridine rings is 3. The molecule has 3 N–H and O–H groups in total. The fraction of sp³-hybridized carbons (Fsp3) is 0.462. The first-order valence-electron chi connectivity index (χ1n) is 11.8. The van der Waals surface area contributed by atoms with Crippen molar-refractivity contribution in [2.45, 2.75) is 63.7 Å². The third-order valence-corrected chi connectivity index (χ3v) is 6.81. The zero-order chi connectivity index (χ0) is 25.0. The summed E-state index contributed by atoms with van der Waals surface area (Å²) >= 11 is 0. The lowest BCUT2D eigenvalue weighted by Crippen LogP contribution is -2.39. The Morgan fingerprint density at radius 2 is 1.97 bits per heavy atom. The molecule has 0 unspecified atom stereocenters. The van der Waals surface area contributed by atoms with Gasteiger partial charge in [-0.05, 0) is 57.2 Å². The maximum absolute atomic E-state index is 12.4. The number of esters is 1. The Morgan fingerprint density at radius 3 is 2.69 bits per heavy atom. The Bertz CT molecular complexity index is 1300. The monoisotopic (exact) mass is 477 g/mol. The Morgan fingerprint density at radius 1 is 1.20 bits per heavy atom. The van der Waals surface area contributed by atoms with Gasteiger partial charge in [0.2, 0.25) is 5.88 Å². The molecule has 35 heavy (non-hydrogen) atoms. The second kappa shape index (κ2) is 8.42. The molecule has 2 atom stereocenters. The third-order valence-electron chi connectivity index (χ3n) is 6.81. The number of cyclic esters (lactones) is 1. The topological polar surface area (TPSA) is 121 Å². The SMILES string of the molecule is COC[C@@](C)(N)c1cnc(OC2CC2)c2cnc(Nc3ccc4c(n3)[C@@H](C)C(C)(C)OC4=O)cc12. The molecule has 1 aliphatic carbocycles. The number of aromatic nitrogens is 3. The summed E-state index contributed by atoms with van der Waals surface area (Å²) in [6.45, 7) is 8.04. The molecule has 0 radical (unpaired) electrons. The molecule has 0 spiro atoms. The van der Waals surface area contributed by atoms with E-state index in [4.69, 9.17) is 24.9 Å². The van der Waals surface area contributed by atoms with E-state index >= 15 is 0 Å². The van der Waals surface area contributed by atoms with Crippen LogP contribution in [0.1, 0.15) is 68.1 Å². The second-order valence-corrected chi connectivity index (χ2v) is 10.2. The van der Waals surface area contributed by atoms with Crippen LogP contribution in [-0.2, 0) is 15.0 Å². The van der Waals surface area contributed by atoms with Crippen molar-refractivity contribution in [2.24, 2.45) is 5.73 Å². The minimum atomic E-state index is -0.762. The Balaban J connectivity index is 1.54. The molecule has 4 heterocycles. The largest absolute Gasteiger partial charge is 0.474 e. The average molecular weight is 478 g/mol. The van der Waals surface area contributed by atoms with Crippen molar-refractivity contribution in [1.82, 2.24) is 15.0 Å². The summed E-state index contributed by atoms with van der Waals surface area (Å²) in [5, 5.41) is 4.96. The molecular formula is C26H31N5O4. The number of methoxy groups -OCH3 is 1. The van der Waals surface area contributed by atoms with E-state index in [0.29, 0.717) is 35.4 Å². The van der Waals surface area contributed by atoms with Gasteiger partial charge in [-0.3, -0.25) is 0 Å². The van der Waals surface area contributed by atoms with Gasteiger partial charge >= 0.3 is 5.97 Å². The highest BCUT2D eigenvalue weighted by molar-refractivity contribution is 5.93. The number of nitrogens with two attached hydrogens (primary N) is 1. The maximum atomic E-state index is 12.4. The number of hydrogen-bond acceptors (Lipinski definition) is 9. The minimum absolute atomic E-state index is 0.0617. The minimum Gasteiger partial charge on any atom is -0.474 e. The first-order chi connectivity index (χ1) is 16.6. The van der Waals surface area contributed by atoms with Crippen LogP contribution in [0.2, 0.25) is 0 Å². The number of ether oxygens (including phenoxy) is 3. The highest BCUT2D eigenvalue weighted by atomic mass is 16.6. The molecule has 0 saturated heterocycles. The average Bonchev–Trinajstić information content (AvgIpc) is 3.61. The molecule has 5 rings (SSSR count). The molecule has 3 aromatic rings. The molecule has 9 heteroatoms. The van der Waals surface area contributed by atoms with Crippen LogP contribution in [0, 0.1) is 0 Å². The van der Waals surface area contributed by atoms with Gasteiger partial charge in [-0.1, -0.05) is 6.92 Å². The molecular weight excluding hydrogens is 446 g/mol. The fourth-order valence-corrected chi connectivity index (χ4v) is 4.34. The van der Waals surface area contributed by atoms with Crippen LogP contribution in [0.25, 0.3) is 10.8 Å². The Hall–Kier alpha value is -3.30. The zero-order valence-electron chi connectivity index (χ0n) is 20.7. The molecule has 1 saturated carbocycles. The lowest BCUT2D eigenvalue weighted by molar-refractivity contribution is -0.0189. The molecule has 2 aliphatic rings. The van der Waals surface area contributed by atoms with E-state index in [1.165, 1.54) is 0 Å². The normalized spacial score (nSPS) is 20.6. The van der Waals surface area contributed by atoms with Gasteiger partial charge in [0.1, 0.15) is 23.3 Å². The summed E-state index contributed by atoms with van der Waals surface area (Å²) in [6.07, 6.45) is 5.77. The van der Waals surface area contributed by atoms with E-state index in [0.717, 1.165) is 29.2 Å². The van der Waals surface area contributed by atoms with Crippen LogP contribution < -0.4 is 15.8 Å². The summed E-state index contributed by atoms with van der Waals surface area (Å²) in [6, 6.07) is 5.42. The Labute approximate surface area is 204 Å². The molecule has 0 bridgehead atoms. The summed E-state index contributed by atoms with van der Waals surface area (Å²) in [5.41, 5.74) is 7.24. The number of carbonyl (C=O) groups excluding carboxylic acids is 1. The van der Waals surface area contributed by atoms with Gasteiger partial charge in [-0.25, -0.2) is 19.7 Å². The molecule has 1 aliphatic heterocycles. The van der Waals surface area contributed by atoms with Crippen LogP contribution in [0.5, 0.6) is 5.88 Å².